The Labute approximate surface area is 170 Å². The SMILES string of the molecule is CC(C)(C)OC(=O)N[C@H](C(=O)O)[C@@H]1O[C@H]([C@H]2COC(C)(C)O2)[C@@H]2OC(C)(C)O[C@@H]21. The van der Waals surface area contributed by atoms with E-state index in [9.17, 15) is 14.7 Å². The van der Waals surface area contributed by atoms with E-state index in [1.165, 1.54) is 0 Å². The maximum atomic E-state index is 12.2. The van der Waals surface area contributed by atoms with Gasteiger partial charge in [0.05, 0.1) is 6.61 Å². The van der Waals surface area contributed by atoms with Crippen molar-refractivity contribution in [1.29, 1.82) is 0 Å². The van der Waals surface area contributed by atoms with Crippen LogP contribution in [0.25, 0.3) is 0 Å². The molecule has 3 rings (SSSR count). The van der Waals surface area contributed by atoms with Gasteiger partial charge in [-0.1, -0.05) is 0 Å². The van der Waals surface area contributed by atoms with E-state index in [4.69, 9.17) is 28.4 Å². The zero-order valence-electron chi connectivity index (χ0n) is 17.9. The summed E-state index contributed by atoms with van der Waals surface area (Å²) in [5, 5.41) is 12.2. The Morgan fingerprint density at radius 3 is 2.17 bits per heavy atom. The van der Waals surface area contributed by atoms with Crippen LogP contribution in [0.5, 0.6) is 0 Å². The van der Waals surface area contributed by atoms with Gasteiger partial charge in [0.1, 0.15) is 36.1 Å². The molecule has 1 amide bonds. The molecule has 6 atom stereocenters. The summed E-state index contributed by atoms with van der Waals surface area (Å²) in [7, 11) is 0. The summed E-state index contributed by atoms with van der Waals surface area (Å²) in [5.41, 5.74) is -0.774. The number of aliphatic carboxylic acids is 1. The fourth-order valence-electron chi connectivity index (χ4n) is 3.83. The summed E-state index contributed by atoms with van der Waals surface area (Å²) in [5.74, 6) is -2.98. The highest BCUT2D eigenvalue weighted by Gasteiger charge is 2.61. The van der Waals surface area contributed by atoms with E-state index in [1.807, 2.05) is 0 Å². The lowest BCUT2D eigenvalue weighted by atomic mass is 10.0. The van der Waals surface area contributed by atoms with E-state index in [2.05, 4.69) is 5.32 Å². The van der Waals surface area contributed by atoms with Gasteiger partial charge in [0.2, 0.25) is 0 Å². The normalized spacial score (nSPS) is 36.4. The van der Waals surface area contributed by atoms with Crippen LogP contribution in [-0.4, -0.2) is 77.5 Å². The molecule has 2 N–H and O–H groups in total. The number of alkyl carbamates (subject to hydrolysis) is 1. The highest BCUT2D eigenvalue weighted by atomic mass is 16.8. The summed E-state index contributed by atoms with van der Waals surface area (Å²) in [4.78, 5) is 24.2. The molecule has 0 aromatic rings. The zero-order valence-corrected chi connectivity index (χ0v) is 17.9. The molecule has 3 fully saturated rings. The van der Waals surface area contributed by atoms with Crippen LogP contribution in [0, 0.1) is 0 Å². The Bertz CT molecular complexity index is 657. The fourth-order valence-corrected chi connectivity index (χ4v) is 3.83. The first-order valence-electron chi connectivity index (χ1n) is 9.73. The summed E-state index contributed by atoms with van der Waals surface area (Å²) in [6, 6.07) is -1.39. The van der Waals surface area contributed by atoms with Crippen LogP contribution in [-0.2, 0) is 33.2 Å². The Hall–Kier alpha value is -1.46. The first-order valence-corrected chi connectivity index (χ1v) is 9.73. The first kappa shape index (κ1) is 22.2. The van der Waals surface area contributed by atoms with E-state index >= 15 is 0 Å². The number of hydrogen-bond acceptors (Lipinski definition) is 8. The molecule has 0 aliphatic carbocycles. The molecule has 0 aromatic carbocycles. The van der Waals surface area contributed by atoms with Gasteiger partial charge < -0.3 is 38.8 Å². The molecule has 166 valence electrons. The number of rotatable bonds is 4. The summed E-state index contributed by atoms with van der Waals surface area (Å²) in [6.07, 6.45) is -4.21. The van der Waals surface area contributed by atoms with Crippen molar-refractivity contribution in [3.8, 4) is 0 Å². The number of ether oxygens (including phenoxy) is 6. The van der Waals surface area contributed by atoms with Gasteiger partial charge in [-0.3, -0.25) is 0 Å². The Balaban J connectivity index is 1.81. The lowest BCUT2D eigenvalue weighted by Crippen LogP contribution is -2.54. The average Bonchev–Trinajstić information content (AvgIpc) is 3.13. The molecule has 0 saturated carbocycles. The topological polar surface area (TPSA) is 122 Å². The average molecular weight is 417 g/mol. The van der Waals surface area contributed by atoms with Gasteiger partial charge in [-0.25, -0.2) is 9.59 Å². The van der Waals surface area contributed by atoms with Gasteiger partial charge in [0.15, 0.2) is 17.6 Å². The second kappa shape index (κ2) is 7.35. The van der Waals surface area contributed by atoms with Crippen LogP contribution in [0.4, 0.5) is 4.79 Å². The van der Waals surface area contributed by atoms with Gasteiger partial charge in [0.25, 0.3) is 0 Å². The first-order chi connectivity index (χ1) is 13.2. The van der Waals surface area contributed by atoms with Crippen molar-refractivity contribution < 1.29 is 43.1 Å². The minimum atomic E-state index is -1.39. The summed E-state index contributed by atoms with van der Waals surface area (Å²) in [6.45, 7) is 12.4. The largest absolute Gasteiger partial charge is 0.480 e. The number of carbonyl (C=O) groups is 2. The number of carbonyl (C=O) groups excluding carboxylic acids is 1. The minimum absolute atomic E-state index is 0.272. The quantitative estimate of drug-likeness (QED) is 0.699. The van der Waals surface area contributed by atoms with Crippen molar-refractivity contribution in [2.45, 2.75) is 102 Å². The molecule has 0 unspecified atom stereocenters. The van der Waals surface area contributed by atoms with Crippen molar-refractivity contribution in [2.24, 2.45) is 0 Å². The third-order valence-corrected chi connectivity index (χ3v) is 4.79. The number of hydrogen-bond donors (Lipinski definition) is 2. The van der Waals surface area contributed by atoms with Crippen LogP contribution < -0.4 is 5.32 Å². The Kier molecular flexibility index (Phi) is 5.63. The molecule has 0 radical (unpaired) electrons. The van der Waals surface area contributed by atoms with E-state index in [1.54, 1.807) is 48.5 Å². The predicted molar refractivity (Wildman–Crippen MR) is 98.2 cm³/mol. The molecular weight excluding hydrogens is 386 g/mol. The van der Waals surface area contributed by atoms with E-state index < -0.39 is 65.8 Å². The number of amides is 1. The second-order valence-corrected chi connectivity index (χ2v) is 9.46. The maximum Gasteiger partial charge on any atom is 0.408 e. The van der Waals surface area contributed by atoms with E-state index in [0.717, 1.165) is 0 Å². The van der Waals surface area contributed by atoms with Crippen LogP contribution in [0.15, 0.2) is 0 Å². The maximum absolute atomic E-state index is 12.2. The van der Waals surface area contributed by atoms with Crippen molar-refractivity contribution in [3.05, 3.63) is 0 Å². The van der Waals surface area contributed by atoms with Crippen molar-refractivity contribution >= 4 is 12.1 Å². The standard InChI is InChI=1S/C19H31NO9/c1-17(2,3)29-16(23)20-10(15(21)22)12-14-13(27-19(6,7)28-14)11(25-12)9-8-24-18(4,5)26-9/h9-14H,8H2,1-7H3,(H,20,23)(H,21,22)/t9-,10+,11-,12+,13+,14-/m1/s1. The molecule has 3 saturated heterocycles. The third-order valence-electron chi connectivity index (χ3n) is 4.79. The monoisotopic (exact) mass is 417 g/mol. The van der Waals surface area contributed by atoms with Gasteiger partial charge in [-0.15, -0.1) is 0 Å². The number of carboxylic acid groups (broad SMARTS) is 1. The predicted octanol–water partition coefficient (Wildman–Crippen LogP) is 1.40. The molecule has 10 nitrogen and oxygen atoms in total. The lowest BCUT2D eigenvalue weighted by Gasteiger charge is -2.29. The van der Waals surface area contributed by atoms with Crippen molar-refractivity contribution in [1.82, 2.24) is 5.32 Å². The Morgan fingerprint density at radius 2 is 1.66 bits per heavy atom. The van der Waals surface area contributed by atoms with Crippen LogP contribution in [0.2, 0.25) is 0 Å². The highest BCUT2D eigenvalue weighted by molar-refractivity contribution is 5.81. The fraction of sp³-hybridized carbons (Fsp3) is 0.895. The molecule has 0 spiro atoms. The molecule has 29 heavy (non-hydrogen) atoms. The van der Waals surface area contributed by atoms with Crippen LogP contribution in [0.3, 0.4) is 0 Å². The molecule has 10 heteroatoms. The van der Waals surface area contributed by atoms with Gasteiger partial charge >= 0.3 is 12.1 Å². The van der Waals surface area contributed by atoms with Crippen molar-refractivity contribution in [2.75, 3.05) is 6.61 Å². The second-order valence-electron chi connectivity index (χ2n) is 9.46. The Morgan fingerprint density at radius 1 is 1.03 bits per heavy atom. The van der Waals surface area contributed by atoms with Crippen molar-refractivity contribution in [3.63, 3.8) is 0 Å². The van der Waals surface area contributed by atoms with Crippen LogP contribution >= 0.6 is 0 Å². The molecule has 3 aliphatic heterocycles. The van der Waals surface area contributed by atoms with E-state index in [-0.39, 0.29) is 6.61 Å². The van der Waals surface area contributed by atoms with Gasteiger partial charge in [0, 0.05) is 0 Å². The zero-order chi connectivity index (χ0) is 21.8. The van der Waals surface area contributed by atoms with E-state index in [0.29, 0.717) is 0 Å². The summed E-state index contributed by atoms with van der Waals surface area (Å²) < 4.78 is 34.7. The minimum Gasteiger partial charge on any atom is -0.480 e. The number of nitrogens with one attached hydrogen (secondary N) is 1. The highest BCUT2D eigenvalue weighted by Crippen LogP contribution is 2.43. The molecule has 0 aromatic heterocycles. The molecule has 3 heterocycles. The lowest BCUT2D eigenvalue weighted by molar-refractivity contribution is -0.210. The van der Waals surface area contributed by atoms with Gasteiger partial charge in [-0.2, -0.15) is 0 Å². The van der Waals surface area contributed by atoms with Crippen LogP contribution in [0.1, 0.15) is 48.5 Å². The smallest absolute Gasteiger partial charge is 0.408 e. The van der Waals surface area contributed by atoms with Gasteiger partial charge in [-0.05, 0) is 48.5 Å². The molecule has 3 aliphatic rings. The molecular formula is C19H31NO9. The number of fused-ring (bicyclic) bond motifs is 1. The third kappa shape index (κ3) is 5.00. The summed E-state index contributed by atoms with van der Waals surface area (Å²) >= 11 is 0. The molecule has 0 bridgehead atoms. The number of carboxylic acids is 1.